The van der Waals surface area contributed by atoms with Crippen LogP contribution in [-0.4, -0.2) is 37.6 Å². The summed E-state index contributed by atoms with van der Waals surface area (Å²) in [5.74, 6) is -0.156. The lowest BCUT2D eigenvalue weighted by Crippen LogP contribution is -2.47. The van der Waals surface area contributed by atoms with Crippen molar-refractivity contribution in [2.24, 2.45) is 5.73 Å². The Kier molecular flexibility index (Phi) is 3.88. The Bertz CT molecular complexity index is 337. The smallest absolute Gasteiger partial charge is 0.128 e. The molecule has 1 heterocycles. The van der Waals surface area contributed by atoms with Crippen LogP contribution in [0.2, 0.25) is 0 Å². The van der Waals surface area contributed by atoms with Gasteiger partial charge in [-0.1, -0.05) is 18.2 Å². The highest BCUT2D eigenvalue weighted by molar-refractivity contribution is 5.21. The maximum absolute atomic E-state index is 13.7. The predicted molar refractivity (Wildman–Crippen MR) is 62.6 cm³/mol. The fourth-order valence-electron chi connectivity index (χ4n) is 2.21. The van der Waals surface area contributed by atoms with Gasteiger partial charge in [0.25, 0.3) is 0 Å². The first-order chi connectivity index (χ1) is 7.83. The third-order valence-corrected chi connectivity index (χ3v) is 3.08. The van der Waals surface area contributed by atoms with Gasteiger partial charge < -0.3 is 11.1 Å². The van der Waals surface area contributed by atoms with Crippen LogP contribution >= 0.6 is 0 Å². The number of hydrogen-bond donors (Lipinski definition) is 2. The molecule has 0 amide bonds. The molecular formula is C12H18FN3. The molecule has 0 bridgehead atoms. The summed E-state index contributed by atoms with van der Waals surface area (Å²) in [5, 5.41) is 3.28. The lowest BCUT2D eigenvalue weighted by molar-refractivity contribution is 0.174. The Balaban J connectivity index is 2.18. The van der Waals surface area contributed by atoms with E-state index in [1.165, 1.54) is 6.07 Å². The number of hydrogen-bond acceptors (Lipinski definition) is 3. The zero-order valence-corrected chi connectivity index (χ0v) is 9.32. The second-order valence-electron chi connectivity index (χ2n) is 4.06. The van der Waals surface area contributed by atoms with E-state index in [1.54, 1.807) is 6.07 Å². The van der Waals surface area contributed by atoms with Crippen molar-refractivity contribution < 1.29 is 4.39 Å². The minimum absolute atomic E-state index is 0.00306. The van der Waals surface area contributed by atoms with E-state index in [4.69, 9.17) is 5.73 Å². The van der Waals surface area contributed by atoms with Crippen LogP contribution in [0, 0.1) is 5.82 Å². The van der Waals surface area contributed by atoms with Crippen LogP contribution in [0.25, 0.3) is 0 Å². The highest BCUT2D eigenvalue weighted by atomic mass is 19.1. The van der Waals surface area contributed by atoms with Crippen molar-refractivity contribution in [1.29, 1.82) is 0 Å². The third-order valence-electron chi connectivity index (χ3n) is 3.08. The molecule has 1 aromatic rings. The summed E-state index contributed by atoms with van der Waals surface area (Å²) in [4.78, 5) is 2.24. The van der Waals surface area contributed by atoms with Gasteiger partial charge in [-0.25, -0.2) is 4.39 Å². The molecule has 0 spiro atoms. The molecule has 4 heteroatoms. The van der Waals surface area contributed by atoms with E-state index in [0.29, 0.717) is 12.1 Å². The molecule has 3 nitrogen and oxygen atoms in total. The van der Waals surface area contributed by atoms with Gasteiger partial charge in [-0.05, 0) is 6.07 Å². The first kappa shape index (κ1) is 11.5. The Morgan fingerprint density at radius 2 is 2.00 bits per heavy atom. The molecule has 3 N–H and O–H groups in total. The van der Waals surface area contributed by atoms with Gasteiger partial charge in [-0.15, -0.1) is 0 Å². The second-order valence-corrected chi connectivity index (χ2v) is 4.06. The van der Waals surface area contributed by atoms with Crippen LogP contribution in [0.15, 0.2) is 24.3 Å². The minimum Gasteiger partial charge on any atom is -0.329 e. The molecular weight excluding hydrogens is 205 g/mol. The van der Waals surface area contributed by atoms with Gasteiger partial charge in [-0.2, -0.15) is 0 Å². The summed E-state index contributed by atoms with van der Waals surface area (Å²) in [6.45, 7) is 4.21. The van der Waals surface area contributed by atoms with Gasteiger partial charge in [0.05, 0.1) is 0 Å². The maximum atomic E-state index is 13.7. The average Bonchev–Trinajstić information content (AvgIpc) is 2.34. The van der Waals surface area contributed by atoms with Gasteiger partial charge in [-0.3, -0.25) is 4.90 Å². The van der Waals surface area contributed by atoms with Gasteiger partial charge in [0.15, 0.2) is 0 Å². The van der Waals surface area contributed by atoms with Crippen LogP contribution in [0.3, 0.4) is 0 Å². The zero-order valence-electron chi connectivity index (χ0n) is 9.32. The van der Waals surface area contributed by atoms with Gasteiger partial charge >= 0.3 is 0 Å². The van der Waals surface area contributed by atoms with E-state index >= 15 is 0 Å². The Morgan fingerprint density at radius 3 is 2.62 bits per heavy atom. The molecule has 0 radical (unpaired) electrons. The van der Waals surface area contributed by atoms with Crippen LogP contribution < -0.4 is 11.1 Å². The highest BCUT2D eigenvalue weighted by Crippen LogP contribution is 2.22. The summed E-state index contributed by atoms with van der Waals surface area (Å²) in [6.07, 6.45) is 0. The summed E-state index contributed by atoms with van der Waals surface area (Å²) in [7, 11) is 0. The number of nitrogens with one attached hydrogen (secondary N) is 1. The largest absolute Gasteiger partial charge is 0.329 e. The molecule has 0 aliphatic carbocycles. The molecule has 16 heavy (non-hydrogen) atoms. The van der Waals surface area contributed by atoms with Crippen molar-refractivity contribution in [3.63, 3.8) is 0 Å². The lowest BCUT2D eigenvalue weighted by Gasteiger charge is -2.34. The third kappa shape index (κ3) is 2.40. The monoisotopic (exact) mass is 223 g/mol. The minimum atomic E-state index is -0.156. The fraction of sp³-hybridized carbons (Fsp3) is 0.500. The number of rotatable bonds is 3. The van der Waals surface area contributed by atoms with E-state index in [2.05, 4.69) is 10.2 Å². The van der Waals surface area contributed by atoms with Crippen molar-refractivity contribution in [2.75, 3.05) is 32.7 Å². The number of benzene rings is 1. The van der Waals surface area contributed by atoms with E-state index in [0.717, 1.165) is 26.2 Å². The van der Waals surface area contributed by atoms with Gasteiger partial charge in [0, 0.05) is 44.3 Å². The summed E-state index contributed by atoms with van der Waals surface area (Å²) < 4.78 is 13.7. The molecule has 1 aromatic carbocycles. The fourth-order valence-corrected chi connectivity index (χ4v) is 2.21. The zero-order chi connectivity index (χ0) is 11.4. The molecule has 1 aliphatic heterocycles. The quantitative estimate of drug-likeness (QED) is 0.794. The Labute approximate surface area is 95.4 Å². The summed E-state index contributed by atoms with van der Waals surface area (Å²) in [5.41, 5.74) is 6.49. The molecule has 1 atom stereocenters. The first-order valence-corrected chi connectivity index (χ1v) is 5.72. The number of piperazine rings is 1. The van der Waals surface area contributed by atoms with Crippen molar-refractivity contribution in [2.45, 2.75) is 6.04 Å². The molecule has 2 rings (SSSR count). The van der Waals surface area contributed by atoms with E-state index < -0.39 is 0 Å². The lowest BCUT2D eigenvalue weighted by atomic mass is 10.0. The van der Waals surface area contributed by atoms with Crippen LogP contribution in [0.5, 0.6) is 0 Å². The van der Waals surface area contributed by atoms with Gasteiger partial charge in [0.2, 0.25) is 0 Å². The summed E-state index contributed by atoms with van der Waals surface area (Å²) >= 11 is 0. The standard InChI is InChI=1S/C12H18FN3/c13-11-4-2-1-3-10(11)12(9-14)16-7-5-15-6-8-16/h1-4,12,15H,5-9,14H2. The molecule has 0 aromatic heterocycles. The average molecular weight is 223 g/mol. The van der Waals surface area contributed by atoms with Crippen LogP contribution in [0.1, 0.15) is 11.6 Å². The van der Waals surface area contributed by atoms with E-state index in [9.17, 15) is 4.39 Å². The van der Waals surface area contributed by atoms with Crippen LogP contribution in [0.4, 0.5) is 4.39 Å². The normalized spacial score (nSPS) is 19.6. The van der Waals surface area contributed by atoms with Crippen molar-refractivity contribution in [3.05, 3.63) is 35.6 Å². The first-order valence-electron chi connectivity index (χ1n) is 5.72. The molecule has 1 saturated heterocycles. The SMILES string of the molecule is NCC(c1ccccc1F)N1CCNCC1. The maximum Gasteiger partial charge on any atom is 0.128 e. The molecule has 88 valence electrons. The number of nitrogens with zero attached hydrogens (tertiary/aromatic N) is 1. The predicted octanol–water partition coefficient (Wildman–Crippen LogP) is 0.731. The van der Waals surface area contributed by atoms with Crippen molar-refractivity contribution >= 4 is 0 Å². The Hall–Kier alpha value is -0.970. The summed E-state index contributed by atoms with van der Waals surface area (Å²) in [6, 6.07) is 6.91. The van der Waals surface area contributed by atoms with E-state index in [-0.39, 0.29) is 11.9 Å². The molecule has 1 unspecified atom stereocenters. The van der Waals surface area contributed by atoms with Gasteiger partial charge in [0.1, 0.15) is 5.82 Å². The second kappa shape index (κ2) is 5.39. The highest BCUT2D eigenvalue weighted by Gasteiger charge is 2.22. The molecule has 1 aliphatic rings. The number of halogens is 1. The molecule has 1 fully saturated rings. The number of nitrogens with two attached hydrogens (primary N) is 1. The molecule has 0 saturated carbocycles. The van der Waals surface area contributed by atoms with Crippen LogP contribution in [-0.2, 0) is 0 Å². The van der Waals surface area contributed by atoms with E-state index in [1.807, 2.05) is 12.1 Å². The van der Waals surface area contributed by atoms with Crippen molar-refractivity contribution in [3.8, 4) is 0 Å². The van der Waals surface area contributed by atoms with Crippen molar-refractivity contribution in [1.82, 2.24) is 10.2 Å². The topological polar surface area (TPSA) is 41.3 Å². The Morgan fingerprint density at radius 1 is 1.31 bits per heavy atom.